The van der Waals surface area contributed by atoms with Crippen molar-refractivity contribution in [2.45, 2.75) is 57.9 Å². The van der Waals surface area contributed by atoms with Crippen molar-refractivity contribution in [3.05, 3.63) is 91.8 Å². The summed E-state index contributed by atoms with van der Waals surface area (Å²) in [4.78, 5) is 48.4. The van der Waals surface area contributed by atoms with Crippen molar-refractivity contribution in [1.82, 2.24) is 19.9 Å². The lowest BCUT2D eigenvalue weighted by atomic mass is 9.81. The first-order valence-corrected chi connectivity index (χ1v) is 13.3. The minimum absolute atomic E-state index is 0.0282. The van der Waals surface area contributed by atoms with Crippen LogP contribution >= 0.6 is 0 Å². The van der Waals surface area contributed by atoms with E-state index in [0.717, 1.165) is 22.1 Å². The molecule has 1 amide bonds. The zero-order chi connectivity index (χ0) is 27.9. The number of aliphatic hydroxyl groups is 1. The van der Waals surface area contributed by atoms with Crippen LogP contribution in [0.15, 0.2) is 41.3 Å². The Bertz CT molecular complexity index is 1850. The van der Waals surface area contributed by atoms with Crippen LogP contribution in [0.1, 0.15) is 69.7 Å². The molecule has 0 spiro atoms. The number of hydrogen-bond donors (Lipinski definition) is 2. The number of halogens is 1. The molecule has 4 aromatic rings. The van der Waals surface area contributed by atoms with Crippen LogP contribution in [0.5, 0.6) is 0 Å². The first-order chi connectivity index (χ1) is 19.2. The van der Waals surface area contributed by atoms with E-state index in [0.29, 0.717) is 35.3 Å². The van der Waals surface area contributed by atoms with Crippen LogP contribution in [0.3, 0.4) is 0 Å². The maximum Gasteiger partial charge on any atom is 0.343 e. The van der Waals surface area contributed by atoms with Gasteiger partial charge in [-0.25, -0.2) is 14.2 Å². The minimum Gasteiger partial charge on any atom is -0.458 e. The van der Waals surface area contributed by atoms with E-state index in [-0.39, 0.29) is 53.7 Å². The molecule has 10 heteroatoms. The molecule has 5 heterocycles. The summed E-state index contributed by atoms with van der Waals surface area (Å²) in [6, 6.07) is 7.70. The van der Waals surface area contributed by atoms with Gasteiger partial charge in [0, 0.05) is 28.8 Å². The van der Waals surface area contributed by atoms with E-state index >= 15 is 4.39 Å². The number of rotatable bonds is 3. The summed E-state index contributed by atoms with van der Waals surface area (Å²) in [7, 11) is 0. The summed E-state index contributed by atoms with van der Waals surface area (Å²) in [6.07, 6.45) is 2.66. The molecule has 0 fully saturated rings. The van der Waals surface area contributed by atoms with Crippen LogP contribution < -0.4 is 10.9 Å². The van der Waals surface area contributed by atoms with E-state index in [1.54, 1.807) is 48.9 Å². The molecular formula is C30H25FN4O5. The second kappa shape index (κ2) is 8.53. The standard InChI is InChI=1S/C30H25FN4O5/c1-3-30(39)18-10-23-26-16(12-35(23)28(37)17(18)13-40-29(30)38)25-20(34-27(36)21-6-4-5-9-32-21)8-7-15-14(2)19(31)11-22(33-26)24(15)25/h4-6,9-11,20,39H,3,7-8,12-13H2,1-2H3,(H,34,36)/t20-,30?/m1/s1. The molecule has 0 saturated heterocycles. The molecule has 0 bridgehead atoms. The van der Waals surface area contributed by atoms with Crippen LogP contribution in [-0.4, -0.2) is 31.5 Å². The predicted octanol–water partition coefficient (Wildman–Crippen LogP) is 3.34. The molecule has 2 atom stereocenters. The fourth-order valence-electron chi connectivity index (χ4n) is 6.43. The SMILES string of the molecule is CCC1(O)C(=O)OCc2c1cc1n(c2=O)Cc2c-1nc1cc(F)c(C)c3c1c2[C@H](NC(=O)c1ccccn1)CC3. The summed E-state index contributed by atoms with van der Waals surface area (Å²) in [5.41, 5.74) is 2.62. The Labute approximate surface area is 227 Å². The normalized spacial score (nSPS) is 20.5. The lowest BCUT2D eigenvalue weighted by molar-refractivity contribution is -0.172. The monoisotopic (exact) mass is 540 g/mol. The summed E-state index contributed by atoms with van der Waals surface area (Å²) in [6.45, 7) is 3.33. The molecule has 2 aliphatic heterocycles. The van der Waals surface area contributed by atoms with Gasteiger partial charge in [-0.3, -0.25) is 14.6 Å². The van der Waals surface area contributed by atoms with Crippen LogP contribution in [0.25, 0.3) is 22.3 Å². The molecular weight excluding hydrogens is 515 g/mol. The molecule has 0 radical (unpaired) electrons. The van der Waals surface area contributed by atoms with E-state index in [1.807, 2.05) is 0 Å². The van der Waals surface area contributed by atoms with Gasteiger partial charge in [0.25, 0.3) is 11.5 Å². The summed E-state index contributed by atoms with van der Waals surface area (Å²) < 4.78 is 21.8. The maximum atomic E-state index is 15.1. The van der Waals surface area contributed by atoms with E-state index in [2.05, 4.69) is 10.3 Å². The fraction of sp³-hybridized carbons (Fsp3) is 0.300. The van der Waals surface area contributed by atoms with Gasteiger partial charge < -0.3 is 19.7 Å². The van der Waals surface area contributed by atoms with E-state index in [1.165, 1.54) is 6.07 Å². The van der Waals surface area contributed by atoms with Crippen molar-refractivity contribution >= 4 is 22.8 Å². The Morgan fingerprint density at radius 1 is 1.25 bits per heavy atom. The topological polar surface area (TPSA) is 123 Å². The van der Waals surface area contributed by atoms with E-state index < -0.39 is 17.6 Å². The van der Waals surface area contributed by atoms with Crippen molar-refractivity contribution < 1.29 is 23.8 Å². The van der Waals surface area contributed by atoms with E-state index in [9.17, 15) is 19.5 Å². The average Bonchev–Trinajstić information content (AvgIpc) is 3.33. The number of esters is 1. The van der Waals surface area contributed by atoms with Gasteiger partial charge in [-0.15, -0.1) is 0 Å². The number of nitrogens with one attached hydrogen (secondary N) is 1. The number of amides is 1. The molecule has 3 aliphatic rings. The number of aromatic nitrogens is 3. The van der Waals surface area contributed by atoms with Gasteiger partial charge in [-0.2, -0.15) is 0 Å². The largest absolute Gasteiger partial charge is 0.458 e. The second-order valence-corrected chi connectivity index (χ2v) is 10.6. The number of aryl methyl sites for hydroxylation is 1. The highest BCUT2D eigenvalue weighted by atomic mass is 19.1. The zero-order valence-electron chi connectivity index (χ0n) is 21.9. The number of carbonyl (C=O) groups is 2. The van der Waals surface area contributed by atoms with Gasteiger partial charge in [0.2, 0.25) is 0 Å². The lowest BCUT2D eigenvalue weighted by Gasteiger charge is -2.31. The third-order valence-electron chi connectivity index (χ3n) is 8.58. The van der Waals surface area contributed by atoms with Crippen LogP contribution in [0.2, 0.25) is 0 Å². The van der Waals surface area contributed by atoms with Gasteiger partial charge in [0.05, 0.1) is 35.1 Å². The van der Waals surface area contributed by atoms with Crippen LogP contribution in [0.4, 0.5) is 4.39 Å². The van der Waals surface area contributed by atoms with Gasteiger partial charge in [0.1, 0.15) is 18.1 Å². The molecule has 1 aromatic carbocycles. The lowest BCUT2D eigenvalue weighted by Crippen LogP contribution is -2.44. The number of benzene rings is 1. The highest BCUT2D eigenvalue weighted by molar-refractivity contribution is 5.96. The van der Waals surface area contributed by atoms with Crippen molar-refractivity contribution in [3.63, 3.8) is 0 Å². The molecule has 40 heavy (non-hydrogen) atoms. The van der Waals surface area contributed by atoms with Crippen LogP contribution in [0, 0.1) is 12.7 Å². The Morgan fingerprint density at radius 3 is 2.83 bits per heavy atom. The molecule has 0 saturated carbocycles. The van der Waals surface area contributed by atoms with Crippen LogP contribution in [-0.2, 0) is 34.7 Å². The average molecular weight is 541 g/mol. The molecule has 9 nitrogen and oxygen atoms in total. The maximum absolute atomic E-state index is 15.1. The fourth-order valence-corrected chi connectivity index (χ4v) is 6.43. The Kier molecular flexibility index (Phi) is 5.24. The first kappa shape index (κ1) is 24.6. The third kappa shape index (κ3) is 3.25. The summed E-state index contributed by atoms with van der Waals surface area (Å²) in [5, 5.41) is 15.1. The number of cyclic esters (lactones) is 1. The number of pyridine rings is 3. The van der Waals surface area contributed by atoms with Crippen molar-refractivity contribution in [2.24, 2.45) is 0 Å². The Hall–Kier alpha value is -4.44. The molecule has 1 aliphatic carbocycles. The predicted molar refractivity (Wildman–Crippen MR) is 142 cm³/mol. The zero-order valence-corrected chi connectivity index (χ0v) is 21.9. The number of ether oxygens (including phenoxy) is 1. The number of carbonyl (C=O) groups excluding carboxylic acids is 2. The number of hydrogen-bond acceptors (Lipinski definition) is 7. The Balaban J connectivity index is 1.47. The molecule has 1 unspecified atom stereocenters. The summed E-state index contributed by atoms with van der Waals surface area (Å²) >= 11 is 0. The van der Waals surface area contributed by atoms with Crippen molar-refractivity contribution in [1.29, 1.82) is 0 Å². The number of fused-ring (bicyclic) bond motifs is 5. The summed E-state index contributed by atoms with van der Waals surface area (Å²) in [5.74, 6) is -1.51. The smallest absolute Gasteiger partial charge is 0.343 e. The minimum atomic E-state index is -1.95. The third-order valence-corrected chi connectivity index (χ3v) is 8.58. The van der Waals surface area contributed by atoms with Gasteiger partial charge in [0.15, 0.2) is 5.60 Å². The number of nitrogens with zero attached hydrogens (tertiary/aromatic N) is 3. The van der Waals surface area contributed by atoms with Gasteiger partial charge >= 0.3 is 5.97 Å². The molecule has 3 aromatic heterocycles. The van der Waals surface area contributed by atoms with Crippen molar-refractivity contribution in [2.75, 3.05) is 0 Å². The highest BCUT2D eigenvalue weighted by Crippen LogP contribution is 2.46. The first-order valence-electron chi connectivity index (χ1n) is 13.3. The Morgan fingerprint density at radius 2 is 2.08 bits per heavy atom. The molecule has 7 rings (SSSR count). The second-order valence-electron chi connectivity index (χ2n) is 10.6. The quantitative estimate of drug-likeness (QED) is 0.337. The van der Waals surface area contributed by atoms with E-state index in [4.69, 9.17) is 9.72 Å². The molecule has 2 N–H and O–H groups in total. The highest BCUT2D eigenvalue weighted by Gasteiger charge is 2.46. The van der Waals surface area contributed by atoms with Gasteiger partial charge in [-0.1, -0.05) is 13.0 Å². The molecule has 202 valence electrons. The van der Waals surface area contributed by atoms with Gasteiger partial charge in [-0.05, 0) is 61.1 Å². The van der Waals surface area contributed by atoms with Crippen molar-refractivity contribution in [3.8, 4) is 11.4 Å².